The molecule has 286 valence electrons. The third-order valence-electron chi connectivity index (χ3n) is 10.3. The van der Waals surface area contributed by atoms with Gasteiger partial charge in [-0.15, -0.1) is 0 Å². The largest absolute Gasteiger partial charge is 0.444 e. The number of likely N-dealkylation sites (tertiary alicyclic amines) is 2. The number of nitrogens with one attached hydrogen (secondary N) is 1. The van der Waals surface area contributed by atoms with Crippen molar-refractivity contribution < 1.29 is 23.9 Å². The fraction of sp³-hybridized carbons (Fsp3) is 0.585. The Kier molecular flexibility index (Phi) is 11.2. The highest BCUT2D eigenvalue weighted by Crippen LogP contribution is 2.35. The molecular weight excluding hydrogens is 670 g/mol. The fourth-order valence-corrected chi connectivity index (χ4v) is 7.67. The van der Waals surface area contributed by atoms with Gasteiger partial charge in [0, 0.05) is 53.9 Å². The van der Waals surface area contributed by atoms with Gasteiger partial charge < -0.3 is 19.7 Å². The van der Waals surface area contributed by atoms with Crippen molar-refractivity contribution >= 4 is 45.7 Å². The first-order valence-electron chi connectivity index (χ1n) is 19.3. The standard InChI is InChI=1S/C41H57N7O5/c1-27-31-16-15-29(23-34(31)47(44-27)20-11-9-10-13-28-17-21-46(22-18-28)38(50)52-40(2,3)4)37(49)43-36-25-33-30(26-42-36)24-35(32-14-12-19-45(32)8)48(33)39(51)53-41(5,6)7/h15-16,23-26,28,32H,9-14,17-22H2,1-8H3,(H,42,43,49)/t32-/m1/s1. The van der Waals surface area contributed by atoms with Gasteiger partial charge in [-0.3, -0.25) is 14.4 Å². The molecule has 2 fully saturated rings. The number of ether oxygens (including phenoxy) is 2. The van der Waals surface area contributed by atoms with E-state index in [0.717, 1.165) is 105 Å². The van der Waals surface area contributed by atoms with Crippen LogP contribution in [0.4, 0.5) is 15.4 Å². The molecular formula is C41H57N7O5. The topological polar surface area (TPSA) is 124 Å². The molecule has 5 heterocycles. The van der Waals surface area contributed by atoms with E-state index >= 15 is 0 Å². The van der Waals surface area contributed by atoms with Gasteiger partial charge in [0.25, 0.3) is 5.91 Å². The van der Waals surface area contributed by atoms with Gasteiger partial charge in [-0.25, -0.2) is 19.1 Å². The number of amides is 2. The quantitative estimate of drug-likeness (QED) is 0.170. The molecule has 12 nitrogen and oxygen atoms in total. The van der Waals surface area contributed by atoms with Gasteiger partial charge >= 0.3 is 12.2 Å². The number of piperidine rings is 1. The summed E-state index contributed by atoms with van der Waals surface area (Å²) in [6.45, 7) is 16.5. The van der Waals surface area contributed by atoms with Crippen molar-refractivity contribution in [3.63, 3.8) is 0 Å². The van der Waals surface area contributed by atoms with E-state index in [2.05, 4.69) is 22.2 Å². The first-order valence-corrected chi connectivity index (χ1v) is 19.3. The van der Waals surface area contributed by atoms with Gasteiger partial charge in [0.15, 0.2) is 0 Å². The summed E-state index contributed by atoms with van der Waals surface area (Å²) in [6.07, 6.45) is 9.47. The summed E-state index contributed by atoms with van der Waals surface area (Å²) in [7, 11) is 2.07. The van der Waals surface area contributed by atoms with E-state index in [9.17, 15) is 14.4 Å². The highest BCUT2D eigenvalue weighted by atomic mass is 16.6. The molecule has 4 aromatic rings. The number of aryl methyl sites for hydroxylation is 2. The minimum Gasteiger partial charge on any atom is -0.444 e. The predicted octanol–water partition coefficient (Wildman–Crippen LogP) is 8.70. The molecule has 3 aromatic heterocycles. The van der Waals surface area contributed by atoms with Gasteiger partial charge in [0.1, 0.15) is 17.0 Å². The lowest BCUT2D eigenvalue weighted by Crippen LogP contribution is -2.41. The van der Waals surface area contributed by atoms with E-state index in [4.69, 9.17) is 14.6 Å². The van der Waals surface area contributed by atoms with Crippen LogP contribution in [0.15, 0.2) is 36.5 Å². The summed E-state index contributed by atoms with van der Waals surface area (Å²) in [5, 5.41) is 9.62. The molecule has 0 unspecified atom stereocenters. The summed E-state index contributed by atoms with van der Waals surface area (Å²) in [4.78, 5) is 48.3. The number of hydrogen-bond donors (Lipinski definition) is 1. The zero-order valence-corrected chi connectivity index (χ0v) is 32.8. The number of pyridine rings is 1. The molecule has 1 N–H and O–H groups in total. The first-order chi connectivity index (χ1) is 25.1. The number of fused-ring (bicyclic) bond motifs is 2. The Hall–Kier alpha value is -4.45. The minimum absolute atomic E-state index is 0.0867. The zero-order chi connectivity index (χ0) is 38.1. The minimum atomic E-state index is -0.663. The van der Waals surface area contributed by atoms with E-state index in [-0.39, 0.29) is 18.0 Å². The van der Waals surface area contributed by atoms with Crippen LogP contribution >= 0.6 is 0 Å². The van der Waals surface area contributed by atoms with E-state index in [1.807, 2.05) is 82.3 Å². The third-order valence-corrected chi connectivity index (χ3v) is 10.3. The van der Waals surface area contributed by atoms with Crippen molar-refractivity contribution in [3.8, 4) is 0 Å². The molecule has 2 amide bonds. The molecule has 2 aliphatic rings. The second-order valence-corrected chi connectivity index (χ2v) is 16.9. The number of unbranched alkanes of at least 4 members (excludes halogenated alkanes) is 2. The van der Waals surface area contributed by atoms with Crippen LogP contribution in [0.25, 0.3) is 21.8 Å². The summed E-state index contributed by atoms with van der Waals surface area (Å²) < 4.78 is 15.0. The van der Waals surface area contributed by atoms with Gasteiger partial charge in [-0.1, -0.05) is 25.3 Å². The average Bonchev–Trinajstić information content (AvgIpc) is 3.77. The van der Waals surface area contributed by atoms with Crippen molar-refractivity contribution in [1.82, 2.24) is 29.1 Å². The van der Waals surface area contributed by atoms with E-state index in [0.29, 0.717) is 22.8 Å². The molecule has 0 spiro atoms. The number of carbonyl (C=O) groups excluding carboxylic acids is 3. The summed E-state index contributed by atoms with van der Waals surface area (Å²) in [5.41, 5.74) is 2.76. The van der Waals surface area contributed by atoms with Crippen LogP contribution in [0.2, 0.25) is 0 Å². The van der Waals surface area contributed by atoms with Crippen molar-refractivity contribution in [3.05, 3.63) is 53.5 Å². The lowest BCUT2D eigenvalue weighted by Gasteiger charge is -2.33. The van der Waals surface area contributed by atoms with Crippen LogP contribution in [0, 0.1) is 12.8 Å². The number of hydrogen-bond acceptors (Lipinski definition) is 8. The van der Waals surface area contributed by atoms with Crippen LogP contribution in [0.1, 0.15) is 121 Å². The number of rotatable bonds is 9. The number of nitrogens with zero attached hydrogens (tertiary/aromatic N) is 6. The Labute approximate surface area is 313 Å². The van der Waals surface area contributed by atoms with Gasteiger partial charge in [0.05, 0.1) is 22.8 Å². The normalized spacial score (nSPS) is 17.5. The molecule has 53 heavy (non-hydrogen) atoms. The fourth-order valence-electron chi connectivity index (χ4n) is 7.67. The van der Waals surface area contributed by atoms with Gasteiger partial charge in [-0.05, 0) is 118 Å². The highest BCUT2D eigenvalue weighted by molar-refractivity contribution is 6.06. The Balaban J connectivity index is 1.09. The number of benzene rings is 1. The van der Waals surface area contributed by atoms with Crippen LogP contribution in [0.3, 0.4) is 0 Å². The SMILES string of the molecule is Cc1nn(CCCCCC2CCN(C(=O)OC(C)(C)C)CC2)c2cc(C(=O)Nc3cc4c(cn3)cc([C@H]3CCCN3C)n4C(=O)OC(C)(C)C)ccc12. The summed E-state index contributed by atoms with van der Waals surface area (Å²) >= 11 is 0. The van der Waals surface area contributed by atoms with Crippen molar-refractivity contribution in [2.75, 3.05) is 32.0 Å². The molecule has 0 aliphatic carbocycles. The Morgan fingerprint density at radius 1 is 0.868 bits per heavy atom. The molecule has 0 radical (unpaired) electrons. The molecule has 1 atom stereocenters. The zero-order valence-electron chi connectivity index (χ0n) is 32.8. The maximum atomic E-state index is 13.6. The maximum Gasteiger partial charge on any atom is 0.419 e. The first kappa shape index (κ1) is 38.3. The van der Waals surface area contributed by atoms with Gasteiger partial charge in [0.2, 0.25) is 0 Å². The van der Waals surface area contributed by atoms with Crippen molar-refractivity contribution in [2.45, 2.75) is 124 Å². The van der Waals surface area contributed by atoms with E-state index in [1.165, 1.54) is 0 Å². The molecule has 2 aliphatic heterocycles. The Morgan fingerprint density at radius 2 is 1.58 bits per heavy atom. The van der Waals surface area contributed by atoms with E-state index in [1.54, 1.807) is 16.8 Å². The second-order valence-electron chi connectivity index (χ2n) is 16.9. The summed E-state index contributed by atoms with van der Waals surface area (Å²) in [5.74, 6) is 0.709. The maximum absolute atomic E-state index is 13.6. The lowest BCUT2D eigenvalue weighted by molar-refractivity contribution is 0.0180. The van der Waals surface area contributed by atoms with E-state index < -0.39 is 17.3 Å². The molecule has 1 aromatic carbocycles. The second kappa shape index (κ2) is 15.5. The molecule has 12 heteroatoms. The van der Waals surface area contributed by atoms with Crippen molar-refractivity contribution in [1.29, 1.82) is 0 Å². The number of anilines is 1. The Morgan fingerprint density at radius 3 is 2.26 bits per heavy atom. The van der Waals surface area contributed by atoms with Crippen LogP contribution in [-0.4, -0.2) is 85.1 Å². The molecule has 0 bridgehead atoms. The van der Waals surface area contributed by atoms with Gasteiger partial charge in [-0.2, -0.15) is 5.10 Å². The smallest absolute Gasteiger partial charge is 0.419 e. The highest BCUT2D eigenvalue weighted by Gasteiger charge is 2.31. The molecule has 0 saturated carbocycles. The lowest BCUT2D eigenvalue weighted by atomic mass is 9.91. The number of aromatic nitrogens is 4. The summed E-state index contributed by atoms with van der Waals surface area (Å²) in [6, 6.07) is 9.54. The van der Waals surface area contributed by atoms with Crippen LogP contribution < -0.4 is 5.32 Å². The van der Waals surface area contributed by atoms with Crippen LogP contribution in [0.5, 0.6) is 0 Å². The average molecular weight is 728 g/mol. The predicted molar refractivity (Wildman–Crippen MR) is 207 cm³/mol. The van der Waals surface area contributed by atoms with Crippen LogP contribution in [-0.2, 0) is 16.0 Å². The Bertz CT molecular complexity index is 1960. The third kappa shape index (κ3) is 9.20. The van der Waals surface area contributed by atoms with Crippen molar-refractivity contribution in [2.24, 2.45) is 5.92 Å². The molecule has 6 rings (SSSR count). The molecule has 2 saturated heterocycles. The monoisotopic (exact) mass is 727 g/mol. The number of carbonyl (C=O) groups is 3.